The van der Waals surface area contributed by atoms with Crippen molar-refractivity contribution in [2.75, 3.05) is 13.3 Å². The first-order valence-electron chi connectivity index (χ1n) is 3.34. The lowest BCUT2D eigenvalue weighted by atomic mass is 10.3. The van der Waals surface area contributed by atoms with Crippen LogP contribution in [0.3, 0.4) is 0 Å². The van der Waals surface area contributed by atoms with E-state index in [1.54, 1.807) is 11.0 Å². The fraction of sp³-hybridized carbons (Fsp3) is 0.571. The molecule has 0 saturated heterocycles. The standard InChI is InChI=1S/C7H12BrFN2S/c1-5(9)6(2)10-7(12-4)11(3)8/h5H,2H2,1,3-4H3. The predicted octanol–water partition coefficient (Wildman–Crippen LogP) is 2.82. The zero-order chi connectivity index (χ0) is 9.72. The minimum absolute atomic E-state index is 0.241. The highest BCUT2D eigenvalue weighted by Crippen LogP contribution is 2.13. The van der Waals surface area contributed by atoms with Crippen LogP contribution in [0.4, 0.5) is 4.39 Å². The summed E-state index contributed by atoms with van der Waals surface area (Å²) in [5, 5.41) is 0.685. The molecule has 0 aromatic rings. The van der Waals surface area contributed by atoms with Crippen molar-refractivity contribution in [1.29, 1.82) is 0 Å². The molecule has 12 heavy (non-hydrogen) atoms. The Kier molecular flexibility index (Phi) is 5.57. The summed E-state index contributed by atoms with van der Waals surface area (Å²) in [7, 11) is 1.78. The van der Waals surface area contributed by atoms with Crippen molar-refractivity contribution in [1.82, 2.24) is 3.93 Å². The Bertz CT molecular complexity index is 192. The van der Waals surface area contributed by atoms with Gasteiger partial charge in [0.25, 0.3) is 0 Å². The molecule has 0 radical (unpaired) electrons. The highest BCUT2D eigenvalue weighted by Gasteiger charge is 2.06. The molecule has 0 fully saturated rings. The molecule has 0 aliphatic carbocycles. The van der Waals surface area contributed by atoms with Crippen molar-refractivity contribution in [2.45, 2.75) is 13.1 Å². The van der Waals surface area contributed by atoms with Crippen molar-refractivity contribution in [3.8, 4) is 0 Å². The third-order valence-corrected chi connectivity index (χ3v) is 2.45. The highest BCUT2D eigenvalue weighted by atomic mass is 79.9. The van der Waals surface area contributed by atoms with Gasteiger partial charge in [0, 0.05) is 7.05 Å². The number of hydrogen-bond acceptors (Lipinski definition) is 2. The Balaban J connectivity index is 4.38. The van der Waals surface area contributed by atoms with E-state index in [2.05, 4.69) is 27.7 Å². The Labute approximate surface area is 85.3 Å². The summed E-state index contributed by atoms with van der Waals surface area (Å²) < 4.78 is 14.2. The molecule has 0 aromatic carbocycles. The second-order valence-corrected chi connectivity index (χ2v) is 4.02. The molecule has 0 bridgehead atoms. The molecule has 0 aliphatic rings. The van der Waals surface area contributed by atoms with Gasteiger partial charge >= 0.3 is 0 Å². The molecule has 0 N–H and O–H groups in total. The van der Waals surface area contributed by atoms with E-state index < -0.39 is 6.17 Å². The quantitative estimate of drug-likeness (QED) is 0.428. The summed E-state index contributed by atoms with van der Waals surface area (Å²) in [6, 6.07) is 0. The molecule has 0 heterocycles. The lowest BCUT2D eigenvalue weighted by Crippen LogP contribution is -2.12. The molecule has 0 saturated carbocycles. The number of rotatable bonds is 2. The van der Waals surface area contributed by atoms with E-state index in [1.807, 2.05) is 6.26 Å². The first-order valence-corrected chi connectivity index (χ1v) is 5.27. The van der Waals surface area contributed by atoms with Crippen LogP contribution >= 0.6 is 27.9 Å². The van der Waals surface area contributed by atoms with E-state index in [0.29, 0.717) is 5.17 Å². The van der Waals surface area contributed by atoms with Gasteiger partial charge in [0.05, 0.1) is 21.8 Å². The summed E-state index contributed by atoms with van der Waals surface area (Å²) in [6.45, 7) is 4.92. The van der Waals surface area contributed by atoms with Crippen LogP contribution in [0.25, 0.3) is 0 Å². The van der Waals surface area contributed by atoms with Gasteiger partial charge in [-0.15, -0.1) is 0 Å². The maximum absolute atomic E-state index is 12.6. The van der Waals surface area contributed by atoms with Crippen molar-refractivity contribution < 1.29 is 4.39 Å². The van der Waals surface area contributed by atoms with Gasteiger partial charge in [0.2, 0.25) is 0 Å². The molecule has 2 nitrogen and oxygen atoms in total. The van der Waals surface area contributed by atoms with Gasteiger partial charge < -0.3 is 0 Å². The Morgan fingerprint density at radius 1 is 1.75 bits per heavy atom. The lowest BCUT2D eigenvalue weighted by Gasteiger charge is -2.11. The molecule has 0 amide bonds. The molecule has 70 valence electrons. The molecular formula is C7H12BrFN2S. The molecule has 0 spiro atoms. The zero-order valence-corrected chi connectivity index (χ0v) is 9.75. The topological polar surface area (TPSA) is 15.6 Å². The Morgan fingerprint density at radius 3 is 2.50 bits per heavy atom. The minimum Gasteiger partial charge on any atom is -0.291 e. The second-order valence-electron chi connectivity index (χ2n) is 2.18. The van der Waals surface area contributed by atoms with E-state index in [1.165, 1.54) is 18.7 Å². The summed E-state index contributed by atoms with van der Waals surface area (Å²) in [4.78, 5) is 3.98. The Morgan fingerprint density at radius 2 is 2.25 bits per heavy atom. The number of thioether (sulfide) groups is 1. The van der Waals surface area contributed by atoms with Crippen LogP contribution < -0.4 is 0 Å². The first-order chi connectivity index (χ1) is 5.49. The minimum atomic E-state index is -1.10. The van der Waals surface area contributed by atoms with E-state index in [4.69, 9.17) is 0 Å². The molecule has 1 unspecified atom stereocenters. The van der Waals surface area contributed by atoms with Gasteiger partial charge in [0.15, 0.2) is 5.17 Å². The summed E-state index contributed by atoms with van der Waals surface area (Å²) in [6.07, 6.45) is 0.770. The van der Waals surface area contributed by atoms with Gasteiger partial charge in [-0.25, -0.2) is 9.38 Å². The van der Waals surface area contributed by atoms with E-state index in [9.17, 15) is 4.39 Å². The van der Waals surface area contributed by atoms with Crippen LogP contribution in [0.5, 0.6) is 0 Å². The number of allylic oxidation sites excluding steroid dienone is 1. The Hall–Kier alpha value is -0.0300. The molecular weight excluding hydrogens is 243 g/mol. The third-order valence-electron chi connectivity index (χ3n) is 1.14. The fourth-order valence-corrected chi connectivity index (χ4v) is 1.43. The summed E-state index contributed by atoms with van der Waals surface area (Å²) >= 11 is 4.62. The van der Waals surface area contributed by atoms with E-state index >= 15 is 0 Å². The SMILES string of the molecule is C=C(N=C(SC)N(C)Br)C(C)F. The number of nitrogens with zero attached hydrogens (tertiary/aromatic N) is 2. The summed E-state index contributed by atoms with van der Waals surface area (Å²) in [5.41, 5.74) is 0.241. The number of alkyl halides is 1. The van der Waals surface area contributed by atoms with Crippen molar-refractivity contribution in [3.63, 3.8) is 0 Å². The first kappa shape index (κ1) is 12.0. The van der Waals surface area contributed by atoms with Crippen molar-refractivity contribution >= 4 is 33.1 Å². The van der Waals surface area contributed by atoms with Crippen LogP contribution in [0, 0.1) is 0 Å². The van der Waals surface area contributed by atoms with E-state index in [-0.39, 0.29) is 5.70 Å². The number of halogens is 2. The van der Waals surface area contributed by atoms with E-state index in [0.717, 1.165) is 0 Å². The molecule has 1 atom stereocenters. The molecule has 0 aromatic heterocycles. The fourth-order valence-electron chi connectivity index (χ4n) is 0.452. The van der Waals surface area contributed by atoms with Crippen molar-refractivity contribution in [3.05, 3.63) is 12.3 Å². The van der Waals surface area contributed by atoms with Gasteiger partial charge in [-0.05, 0) is 13.2 Å². The lowest BCUT2D eigenvalue weighted by molar-refractivity contribution is 0.409. The second kappa shape index (κ2) is 5.59. The van der Waals surface area contributed by atoms with Crippen LogP contribution in [0.1, 0.15) is 6.92 Å². The average Bonchev–Trinajstić information content (AvgIpc) is 1.98. The highest BCUT2D eigenvalue weighted by molar-refractivity contribution is 9.07. The van der Waals surface area contributed by atoms with Crippen LogP contribution in [0.15, 0.2) is 17.3 Å². The van der Waals surface area contributed by atoms with Crippen LogP contribution in [-0.2, 0) is 0 Å². The number of hydrogen-bond donors (Lipinski definition) is 0. The van der Waals surface area contributed by atoms with Gasteiger partial charge in [-0.1, -0.05) is 18.3 Å². The average molecular weight is 255 g/mol. The maximum atomic E-state index is 12.6. The monoisotopic (exact) mass is 254 g/mol. The van der Waals surface area contributed by atoms with Crippen LogP contribution in [0.2, 0.25) is 0 Å². The zero-order valence-electron chi connectivity index (χ0n) is 7.34. The van der Waals surface area contributed by atoms with Gasteiger partial charge in [-0.3, -0.25) is 3.93 Å². The normalized spacial score (nSPS) is 14.2. The molecule has 0 aliphatic heterocycles. The smallest absolute Gasteiger partial charge is 0.173 e. The van der Waals surface area contributed by atoms with Gasteiger partial charge in [-0.2, -0.15) is 0 Å². The number of aliphatic imine (C=N–C) groups is 1. The predicted molar refractivity (Wildman–Crippen MR) is 57.4 cm³/mol. The molecule has 5 heteroatoms. The molecule has 0 rings (SSSR count). The maximum Gasteiger partial charge on any atom is 0.173 e. The van der Waals surface area contributed by atoms with Gasteiger partial charge in [0.1, 0.15) is 6.17 Å². The summed E-state index contributed by atoms with van der Waals surface area (Å²) in [5.74, 6) is 0. The number of amidine groups is 1. The largest absolute Gasteiger partial charge is 0.291 e. The van der Waals surface area contributed by atoms with Crippen molar-refractivity contribution in [2.24, 2.45) is 4.99 Å². The van der Waals surface area contributed by atoms with Crippen LogP contribution in [-0.4, -0.2) is 28.6 Å². The third kappa shape index (κ3) is 4.11.